The van der Waals surface area contributed by atoms with Gasteiger partial charge in [0.1, 0.15) is 0 Å². The van der Waals surface area contributed by atoms with Gasteiger partial charge in [-0.15, -0.1) is 11.8 Å². The Morgan fingerprint density at radius 1 is 1.08 bits per heavy atom. The molecule has 0 bridgehead atoms. The minimum Gasteiger partial charge on any atom is -0.342 e. The Morgan fingerprint density at radius 3 is 2.67 bits per heavy atom. The summed E-state index contributed by atoms with van der Waals surface area (Å²) < 4.78 is 0. The molecule has 2 atom stereocenters. The van der Waals surface area contributed by atoms with Crippen molar-refractivity contribution < 1.29 is 9.59 Å². The van der Waals surface area contributed by atoms with Crippen molar-refractivity contribution in [2.24, 2.45) is 11.8 Å². The Hall–Kier alpha value is -1.49. The van der Waals surface area contributed by atoms with Gasteiger partial charge in [0.15, 0.2) is 0 Å². The molecule has 2 heterocycles. The van der Waals surface area contributed by atoms with E-state index in [4.69, 9.17) is 0 Å². The number of anilines is 1. The van der Waals surface area contributed by atoms with Gasteiger partial charge in [-0.3, -0.25) is 9.59 Å². The molecule has 1 saturated carbocycles. The van der Waals surface area contributed by atoms with Gasteiger partial charge in [-0.1, -0.05) is 12.1 Å². The van der Waals surface area contributed by atoms with E-state index in [0.717, 1.165) is 43.7 Å². The number of hydrogen-bond donors (Lipinski definition) is 0. The summed E-state index contributed by atoms with van der Waals surface area (Å²) in [6.45, 7) is 3.55. The van der Waals surface area contributed by atoms with E-state index in [1.54, 1.807) is 0 Å². The van der Waals surface area contributed by atoms with E-state index in [2.05, 4.69) is 13.0 Å². The Morgan fingerprint density at radius 2 is 1.88 bits per heavy atom. The van der Waals surface area contributed by atoms with Crippen molar-refractivity contribution in [3.8, 4) is 0 Å². The highest BCUT2D eigenvalue weighted by Gasteiger charge is 2.39. The largest absolute Gasteiger partial charge is 0.342 e. The second-order valence-corrected chi connectivity index (χ2v) is 8.30. The average molecular weight is 344 g/mol. The van der Waals surface area contributed by atoms with Crippen LogP contribution in [0.5, 0.6) is 0 Å². The zero-order chi connectivity index (χ0) is 16.7. The number of nitrogens with zero attached hydrogens (tertiary/aromatic N) is 2. The maximum absolute atomic E-state index is 13.3. The van der Waals surface area contributed by atoms with Gasteiger partial charge in [0.05, 0.1) is 11.6 Å². The lowest BCUT2D eigenvalue weighted by atomic mass is 9.95. The third-order valence-electron chi connectivity index (χ3n) is 5.29. The summed E-state index contributed by atoms with van der Waals surface area (Å²) in [6, 6.07) is 8.37. The fourth-order valence-corrected chi connectivity index (χ4v) is 4.86. The van der Waals surface area contributed by atoms with E-state index in [1.165, 1.54) is 4.90 Å². The molecule has 0 spiro atoms. The molecular weight excluding hydrogens is 320 g/mol. The van der Waals surface area contributed by atoms with Gasteiger partial charge in [-0.25, -0.2) is 0 Å². The average Bonchev–Trinajstić information content (AvgIpc) is 3.46. The number of carbonyl (C=O) groups is 2. The first-order valence-corrected chi connectivity index (χ1v) is 9.97. The van der Waals surface area contributed by atoms with Gasteiger partial charge < -0.3 is 9.80 Å². The van der Waals surface area contributed by atoms with E-state index in [9.17, 15) is 9.59 Å². The zero-order valence-corrected chi connectivity index (χ0v) is 14.9. The van der Waals surface area contributed by atoms with Crippen molar-refractivity contribution >= 4 is 29.3 Å². The number of para-hydroxylation sites is 1. The molecule has 0 aromatic heterocycles. The molecule has 2 fully saturated rings. The molecule has 0 radical (unpaired) electrons. The SMILES string of the molecule is C[C@H]1CSc2ccccc2N1C(=O)[C@H]1CCCN(C(=O)C2CC2)C1. The van der Waals surface area contributed by atoms with Gasteiger partial charge >= 0.3 is 0 Å². The van der Waals surface area contributed by atoms with E-state index in [0.29, 0.717) is 6.54 Å². The van der Waals surface area contributed by atoms with Crippen LogP contribution in [-0.2, 0) is 9.59 Å². The molecule has 3 aliphatic rings. The molecule has 24 heavy (non-hydrogen) atoms. The third kappa shape index (κ3) is 2.94. The van der Waals surface area contributed by atoms with Crippen molar-refractivity contribution in [1.82, 2.24) is 4.90 Å². The number of thioether (sulfide) groups is 1. The molecule has 2 aliphatic heterocycles. The van der Waals surface area contributed by atoms with Gasteiger partial charge in [-0.2, -0.15) is 0 Å². The maximum atomic E-state index is 13.3. The van der Waals surface area contributed by atoms with Crippen LogP contribution >= 0.6 is 11.8 Å². The zero-order valence-electron chi connectivity index (χ0n) is 14.1. The lowest BCUT2D eigenvalue weighted by Gasteiger charge is -2.39. The van der Waals surface area contributed by atoms with Crippen LogP contribution in [0.2, 0.25) is 0 Å². The van der Waals surface area contributed by atoms with E-state index in [1.807, 2.05) is 39.8 Å². The van der Waals surface area contributed by atoms with Gasteiger partial charge in [-0.05, 0) is 44.7 Å². The van der Waals surface area contributed by atoms with Crippen LogP contribution in [0.25, 0.3) is 0 Å². The van der Waals surface area contributed by atoms with Gasteiger partial charge in [0.25, 0.3) is 0 Å². The van der Waals surface area contributed by atoms with Crippen LogP contribution in [0.3, 0.4) is 0 Å². The molecule has 5 heteroatoms. The van der Waals surface area contributed by atoms with E-state index in [-0.39, 0.29) is 29.7 Å². The Labute approximate surface area is 147 Å². The molecule has 4 nitrogen and oxygen atoms in total. The van der Waals surface area contributed by atoms with Crippen LogP contribution in [0.4, 0.5) is 5.69 Å². The summed E-state index contributed by atoms with van der Waals surface area (Å²) in [5, 5.41) is 0. The summed E-state index contributed by atoms with van der Waals surface area (Å²) in [4.78, 5) is 30.7. The summed E-state index contributed by atoms with van der Waals surface area (Å²) in [5.74, 6) is 1.59. The summed E-state index contributed by atoms with van der Waals surface area (Å²) in [6.07, 6.45) is 3.89. The number of piperidine rings is 1. The number of amides is 2. The minimum atomic E-state index is -0.0555. The van der Waals surface area contributed by atoms with E-state index >= 15 is 0 Å². The molecule has 4 rings (SSSR count). The lowest BCUT2D eigenvalue weighted by molar-refractivity contribution is -0.136. The molecule has 0 N–H and O–H groups in total. The van der Waals surface area contributed by atoms with Crippen molar-refractivity contribution in [3.63, 3.8) is 0 Å². The standard InChI is InChI=1S/C19H24N2O2S/c1-13-12-24-17-7-3-2-6-16(17)21(13)19(23)15-5-4-10-20(11-15)18(22)14-8-9-14/h2-3,6-7,13-15H,4-5,8-12H2,1H3/t13-,15-/m0/s1. The first kappa shape index (κ1) is 16.0. The summed E-state index contributed by atoms with van der Waals surface area (Å²) in [5.41, 5.74) is 1.04. The quantitative estimate of drug-likeness (QED) is 0.827. The highest BCUT2D eigenvalue weighted by Crippen LogP contribution is 2.39. The van der Waals surface area contributed by atoms with Crippen LogP contribution in [0.1, 0.15) is 32.6 Å². The first-order valence-electron chi connectivity index (χ1n) is 8.99. The topological polar surface area (TPSA) is 40.6 Å². The summed E-state index contributed by atoms with van der Waals surface area (Å²) >= 11 is 1.82. The minimum absolute atomic E-state index is 0.0555. The smallest absolute Gasteiger partial charge is 0.232 e. The maximum Gasteiger partial charge on any atom is 0.232 e. The number of benzene rings is 1. The highest BCUT2D eigenvalue weighted by molar-refractivity contribution is 7.99. The summed E-state index contributed by atoms with van der Waals surface area (Å²) in [7, 11) is 0. The highest BCUT2D eigenvalue weighted by atomic mass is 32.2. The van der Waals surface area contributed by atoms with E-state index < -0.39 is 0 Å². The lowest BCUT2D eigenvalue weighted by Crippen LogP contribution is -2.51. The van der Waals surface area contributed by atoms with Gasteiger partial charge in [0, 0.05) is 35.7 Å². The molecule has 1 aliphatic carbocycles. The molecule has 0 unspecified atom stereocenters. The normalized spacial score (nSPS) is 26.9. The number of fused-ring (bicyclic) bond motifs is 1. The molecule has 128 valence electrons. The fraction of sp³-hybridized carbons (Fsp3) is 0.579. The van der Waals surface area contributed by atoms with Crippen molar-refractivity contribution in [2.75, 3.05) is 23.7 Å². The molecular formula is C19H24N2O2S. The van der Waals surface area contributed by atoms with Crippen molar-refractivity contribution in [3.05, 3.63) is 24.3 Å². The second-order valence-electron chi connectivity index (χ2n) is 7.23. The number of rotatable bonds is 2. The predicted molar refractivity (Wildman–Crippen MR) is 96.1 cm³/mol. The van der Waals surface area contributed by atoms with Gasteiger partial charge in [0.2, 0.25) is 11.8 Å². The first-order chi connectivity index (χ1) is 11.6. The Balaban J connectivity index is 1.53. The second kappa shape index (κ2) is 6.43. The number of likely N-dealkylation sites (tertiary alicyclic amines) is 1. The van der Waals surface area contributed by atoms with Crippen LogP contribution < -0.4 is 4.90 Å². The monoisotopic (exact) mass is 344 g/mol. The predicted octanol–water partition coefficient (Wildman–Crippen LogP) is 3.16. The molecule has 1 aromatic rings. The Bertz CT molecular complexity index is 659. The Kier molecular flexibility index (Phi) is 4.29. The van der Waals surface area contributed by atoms with Crippen LogP contribution in [0.15, 0.2) is 29.2 Å². The number of hydrogen-bond acceptors (Lipinski definition) is 3. The van der Waals surface area contributed by atoms with Crippen LogP contribution in [0, 0.1) is 11.8 Å². The van der Waals surface area contributed by atoms with Crippen molar-refractivity contribution in [1.29, 1.82) is 0 Å². The third-order valence-corrected chi connectivity index (χ3v) is 6.60. The number of carbonyl (C=O) groups excluding carboxylic acids is 2. The molecule has 1 aromatic carbocycles. The van der Waals surface area contributed by atoms with Crippen molar-refractivity contribution in [2.45, 2.75) is 43.5 Å². The molecule has 2 amide bonds. The van der Waals surface area contributed by atoms with Crippen LogP contribution in [-0.4, -0.2) is 41.6 Å². The fourth-order valence-electron chi connectivity index (χ4n) is 3.80. The molecule has 1 saturated heterocycles.